The second kappa shape index (κ2) is 6.17. The van der Waals surface area contributed by atoms with E-state index < -0.39 is 41.1 Å². The summed E-state index contributed by atoms with van der Waals surface area (Å²) in [6, 6.07) is 7.50. The molecule has 0 bridgehead atoms. The minimum absolute atomic E-state index is 0.0277. The zero-order valence-corrected chi connectivity index (χ0v) is 11.3. The molecule has 1 aromatic carbocycles. The van der Waals surface area contributed by atoms with E-state index in [1.165, 1.54) is 12.1 Å². The average molecular weight is 304 g/mol. The molecule has 1 aliphatic heterocycles. The van der Waals surface area contributed by atoms with Crippen LogP contribution in [0.4, 0.5) is 0 Å². The SMILES string of the molecule is O=S(=O)(OC[C@@H](O)[C@@H]1OC[C@@H](O)[C@H]1O)c1ccccc1. The summed E-state index contributed by atoms with van der Waals surface area (Å²) in [5, 5.41) is 28.6. The first-order valence-corrected chi connectivity index (χ1v) is 7.43. The van der Waals surface area contributed by atoms with E-state index in [9.17, 15) is 23.7 Å². The number of aliphatic hydroxyl groups is 3. The van der Waals surface area contributed by atoms with Gasteiger partial charge in [-0.25, -0.2) is 0 Å². The van der Waals surface area contributed by atoms with Crippen molar-refractivity contribution in [3.05, 3.63) is 30.3 Å². The van der Waals surface area contributed by atoms with Crippen LogP contribution in [-0.4, -0.2) is 61.4 Å². The van der Waals surface area contributed by atoms with Gasteiger partial charge >= 0.3 is 0 Å². The lowest BCUT2D eigenvalue weighted by molar-refractivity contribution is -0.0641. The van der Waals surface area contributed by atoms with Gasteiger partial charge in [-0.2, -0.15) is 8.42 Å². The summed E-state index contributed by atoms with van der Waals surface area (Å²) in [5.74, 6) is 0. The van der Waals surface area contributed by atoms with Gasteiger partial charge in [0.15, 0.2) is 0 Å². The van der Waals surface area contributed by atoms with Gasteiger partial charge in [-0.05, 0) is 12.1 Å². The highest BCUT2D eigenvalue weighted by molar-refractivity contribution is 7.86. The smallest absolute Gasteiger partial charge is 0.297 e. The van der Waals surface area contributed by atoms with E-state index in [2.05, 4.69) is 0 Å². The summed E-state index contributed by atoms with van der Waals surface area (Å²) in [7, 11) is -3.98. The summed E-state index contributed by atoms with van der Waals surface area (Å²) in [4.78, 5) is -0.0277. The molecular formula is C12H16O7S. The quantitative estimate of drug-likeness (QED) is 0.590. The van der Waals surface area contributed by atoms with Gasteiger partial charge < -0.3 is 20.1 Å². The van der Waals surface area contributed by atoms with E-state index in [1.807, 2.05) is 0 Å². The second-order valence-electron chi connectivity index (χ2n) is 4.47. The summed E-state index contributed by atoms with van der Waals surface area (Å²) in [5.41, 5.74) is 0. The Hall–Kier alpha value is -1.03. The minimum Gasteiger partial charge on any atom is -0.388 e. The van der Waals surface area contributed by atoms with Crippen LogP contribution in [0.25, 0.3) is 0 Å². The molecule has 20 heavy (non-hydrogen) atoms. The van der Waals surface area contributed by atoms with Crippen molar-refractivity contribution >= 4 is 10.1 Å². The van der Waals surface area contributed by atoms with Gasteiger partial charge in [-0.1, -0.05) is 18.2 Å². The Kier molecular flexibility index (Phi) is 4.74. The lowest BCUT2D eigenvalue weighted by Crippen LogP contribution is -2.41. The Balaban J connectivity index is 1.95. The maximum atomic E-state index is 11.8. The number of hydrogen-bond acceptors (Lipinski definition) is 7. The molecule has 0 radical (unpaired) electrons. The Bertz CT molecular complexity index is 530. The molecule has 0 aliphatic carbocycles. The maximum Gasteiger partial charge on any atom is 0.297 e. The van der Waals surface area contributed by atoms with Gasteiger partial charge in [0.2, 0.25) is 0 Å². The van der Waals surface area contributed by atoms with Gasteiger partial charge in [0.1, 0.15) is 24.4 Å². The Morgan fingerprint density at radius 1 is 1.30 bits per heavy atom. The Morgan fingerprint density at radius 2 is 1.95 bits per heavy atom. The van der Waals surface area contributed by atoms with E-state index >= 15 is 0 Å². The highest BCUT2D eigenvalue weighted by atomic mass is 32.2. The van der Waals surface area contributed by atoms with E-state index in [-0.39, 0.29) is 11.5 Å². The van der Waals surface area contributed by atoms with E-state index in [0.29, 0.717) is 0 Å². The highest BCUT2D eigenvalue weighted by Crippen LogP contribution is 2.19. The van der Waals surface area contributed by atoms with Gasteiger partial charge in [-0.15, -0.1) is 0 Å². The van der Waals surface area contributed by atoms with Crippen LogP contribution in [0.3, 0.4) is 0 Å². The molecule has 1 aromatic rings. The topological polar surface area (TPSA) is 113 Å². The molecule has 2 rings (SSSR count). The molecule has 4 atom stereocenters. The fourth-order valence-corrected chi connectivity index (χ4v) is 2.82. The number of aliphatic hydroxyl groups excluding tert-OH is 3. The summed E-state index contributed by atoms with van der Waals surface area (Å²) < 4.78 is 33.3. The van der Waals surface area contributed by atoms with Crippen LogP contribution < -0.4 is 0 Å². The normalized spacial score (nSPS) is 28.4. The summed E-state index contributed by atoms with van der Waals surface area (Å²) in [6.07, 6.45) is -4.80. The predicted octanol–water partition coefficient (Wildman–Crippen LogP) is -1.13. The number of rotatable bonds is 5. The molecular weight excluding hydrogens is 288 g/mol. The summed E-state index contributed by atoms with van der Waals surface area (Å²) in [6.45, 7) is -0.681. The van der Waals surface area contributed by atoms with E-state index in [4.69, 9.17) is 8.92 Å². The lowest BCUT2D eigenvalue weighted by atomic mass is 10.1. The van der Waals surface area contributed by atoms with Gasteiger partial charge in [-0.3, -0.25) is 4.18 Å². The van der Waals surface area contributed by atoms with Gasteiger partial charge in [0.25, 0.3) is 10.1 Å². The van der Waals surface area contributed by atoms with Crippen molar-refractivity contribution in [2.24, 2.45) is 0 Å². The van der Waals surface area contributed by atoms with Crippen LogP contribution in [0.15, 0.2) is 35.2 Å². The Labute approximate surface area is 116 Å². The van der Waals surface area contributed by atoms with Crippen molar-refractivity contribution in [1.82, 2.24) is 0 Å². The van der Waals surface area contributed by atoms with Crippen LogP contribution in [0.5, 0.6) is 0 Å². The van der Waals surface area contributed by atoms with Crippen molar-refractivity contribution in [3.8, 4) is 0 Å². The third-order valence-electron chi connectivity index (χ3n) is 3.00. The number of hydrogen-bond donors (Lipinski definition) is 3. The molecule has 0 unspecified atom stereocenters. The van der Waals surface area contributed by atoms with Gasteiger partial charge in [0, 0.05) is 0 Å². The monoisotopic (exact) mass is 304 g/mol. The fourth-order valence-electron chi connectivity index (χ4n) is 1.87. The third kappa shape index (κ3) is 3.35. The number of ether oxygens (including phenoxy) is 1. The van der Waals surface area contributed by atoms with Gasteiger partial charge in [0.05, 0.1) is 18.1 Å². The molecule has 112 valence electrons. The largest absolute Gasteiger partial charge is 0.388 e. The molecule has 8 heteroatoms. The lowest BCUT2D eigenvalue weighted by Gasteiger charge is -2.20. The Morgan fingerprint density at radius 3 is 2.50 bits per heavy atom. The first kappa shape index (κ1) is 15.4. The molecule has 1 saturated heterocycles. The average Bonchev–Trinajstić information content (AvgIpc) is 2.78. The fraction of sp³-hybridized carbons (Fsp3) is 0.500. The molecule has 0 saturated carbocycles. The highest BCUT2D eigenvalue weighted by Gasteiger charge is 2.39. The zero-order valence-electron chi connectivity index (χ0n) is 10.5. The van der Waals surface area contributed by atoms with Crippen LogP contribution in [0.1, 0.15) is 0 Å². The minimum atomic E-state index is -3.98. The predicted molar refractivity (Wildman–Crippen MR) is 67.3 cm³/mol. The van der Waals surface area contributed by atoms with Crippen LogP contribution in [0, 0.1) is 0 Å². The zero-order chi connectivity index (χ0) is 14.8. The van der Waals surface area contributed by atoms with Crippen LogP contribution in [-0.2, 0) is 19.0 Å². The van der Waals surface area contributed by atoms with Crippen molar-refractivity contribution in [3.63, 3.8) is 0 Å². The second-order valence-corrected chi connectivity index (χ2v) is 6.09. The first-order chi connectivity index (χ1) is 9.42. The molecule has 1 heterocycles. The molecule has 7 nitrogen and oxygen atoms in total. The van der Waals surface area contributed by atoms with Crippen LogP contribution >= 0.6 is 0 Å². The van der Waals surface area contributed by atoms with Crippen molar-refractivity contribution < 1.29 is 32.7 Å². The molecule has 0 aromatic heterocycles. The molecule has 0 amide bonds. The first-order valence-electron chi connectivity index (χ1n) is 6.02. The maximum absolute atomic E-state index is 11.8. The van der Waals surface area contributed by atoms with Crippen molar-refractivity contribution in [2.45, 2.75) is 29.3 Å². The van der Waals surface area contributed by atoms with Crippen molar-refractivity contribution in [2.75, 3.05) is 13.2 Å². The van der Waals surface area contributed by atoms with E-state index in [1.54, 1.807) is 18.2 Å². The molecule has 3 N–H and O–H groups in total. The van der Waals surface area contributed by atoms with E-state index in [0.717, 1.165) is 0 Å². The standard InChI is InChI=1S/C12H16O7S/c13-9-6-18-12(11(9)15)10(14)7-19-20(16,17)8-4-2-1-3-5-8/h1-5,9-15H,6-7H2/t9-,10-,11-,12+/m1/s1. The molecule has 1 aliphatic rings. The number of benzene rings is 1. The third-order valence-corrected chi connectivity index (χ3v) is 4.29. The van der Waals surface area contributed by atoms with Crippen molar-refractivity contribution in [1.29, 1.82) is 0 Å². The summed E-state index contributed by atoms with van der Waals surface area (Å²) >= 11 is 0. The van der Waals surface area contributed by atoms with Crippen LogP contribution in [0.2, 0.25) is 0 Å². The molecule has 0 spiro atoms. The molecule has 1 fully saturated rings.